The Morgan fingerprint density at radius 1 is 1.44 bits per heavy atom. The van der Waals surface area contributed by atoms with E-state index in [0.717, 1.165) is 0 Å². The fraction of sp³-hybridized carbons (Fsp3) is 0.769. The summed E-state index contributed by atoms with van der Waals surface area (Å²) in [5, 5.41) is 5.49. The molecule has 0 unspecified atom stereocenters. The van der Waals surface area contributed by atoms with Crippen LogP contribution in [0.15, 0.2) is 0 Å². The number of nitrogens with one attached hydrogen (secondary N) is 2. The molecule has 1 aliphatic rings. The first kappa shape index (κ1) is 14.8. The molecule has 2 N–H and O–H groups in total. The van der Waals surface area contributed by atoms with Gasteiger partial charge in [0.2, 0.25) is 0 Å². The predicted octanol–water partition coefficient (Wildman–Crippen LogP) is 1.10. The molecule has 5 nitrogen and oxygen atoms in total. The average molecular weight is 254 g/mol. The maximum atomic E-state index is 11.6. The SMILES string of the molecule is C#C[C@@H](NC(=O)NCCC1(C)OCCO1)C(C)C. The van der Waals surface area contributed by atoms with Crippen LogP contribution in [0.1, 0.15) is 27.2 Å². The van der Waals surface area contributed by atoms with E-state index in [2.05, 4.69) is 16.6 Å². The number of hydrogen-bond acceptors (Lipinski definition) is 3. The van der Waals surface area contributed by atoms with Gasteiger partial charge < -0.3 is 20.1 Å². The van der Waals surface area contributed by atoms with Crippen LogP contribution in [-0.2, 0) is 9.47 Å². The molecule has 0 spiro atoms. The molecule has 0 bridgehead atoms. The molecule has 0 aromatic rings. The van der Waals surface area contributed by atoms with Gasteiger partial charge in [0, 0.05) is 13.0 Å². The summed E-state index contributed by atoms with van der Waals surface area (Å²) in [4.78, 5) is 11.6. The van der Waals surface area contributed by atoms with Crippen molar-refractivity contribution in [2.75, 3.05) is 19.8 Å². The second kappa shape index (κ2) is 6.62. The van der Waals surface area contributed by atoms with E-state index in [1.165, 1.54) is 0 Å². The largest absolute Gasteiger partial charge is 0.348 e. The second-order valence-corrected chi connectivity index (χ2v) is 4.87. The number of ether oxygens (including phenoxy) is 2. The smallest absolute Gasteiger partial charge is 0.315 e. The van der Waals surface area contributed by atoms with E-state index in [1.807, 2.05) is 20.8 Å². The molecule has 18 heavy (non-hydrogen) atoms. The Morgan fingerprint density at radius 3 is 2.56 bits per heavy atom. The van der Waals surface area contributed by atoms with Gasteiger partial charge in [-0.2, -0.15) is 0 Å². The lowest BCUT2D eigenvalue weighted by molar-refractivity contribution is -0.145. The normalized spacial score (nSPS) is 19.3. The highest BCUT2D eigenvalue weighted by Gasteiger charge is 2.30. The van der Waals surface area contributed by atoms with Gasteiger partial charge in [0.15, 0.2) is 5.79 Å². The Balaban J connectivity index is 2.23. The minimum atomic E-state index is -0.573. The Kier molecular flexibility index (Phi) is 5.45. The summed E-state index contributed by atoms with van der Waals surface area (Å²) in [5.74, 6) is 2.19. The molecule has 5 heteroatoms. The Bertz CT molecular complexity index is 317. The molecular formula is C13H22N2O3. The third-order valence-electron chi connectivity index (χ3n) is 2.90. The molecule has 1 atom stereocenters. The van der Waals surface area contributed by atoms with E-state index in [4.69, 9.17) is 15.9 Å². The van der Waals surface area contributed by atoms with Crippen molar-refractivity contribution in [3.8, 4) is 12.3 Å². The molecule has 0 aromatic heterocycles. The molecule has 1 aliphatic heterocycles. The number of terminal acetylenes is 1. The third-order valence-corrected chi connectivity index (χ3v) is 2.90. The first-order valence-electron chi connectivity index (χ1n) is 6.25. The minimum absolute atomic E-state index is 0.208. The zero-order valence-corrected chi connectivity index (χ0v) is 11.3. The van der Waals surface area contributed by atoms with Crippen molar-refractivity contribution in [1.82, 2.24) is 10.6 Å². The van der Waals surface area contributed by atoms with Crippen LogP contribution in [0.25, 0.3) is 0 Å². The van der Waals surface area contributed by atoms with Gasteiger partial charge >= 0.3 is 6.03 Å². The third kappa shape index (κ3) is 4.55. The van der Waals surface area contributed by atoms with Gasteiger partial charge in [-0.05, 0) is 12.8 Å². The van der Waals surface area contributed by atoms with Crippen LogP contribution in [0.5, 0.6) is 0 Å². The van der Waals surface area contributed by atoms with E-state index in [-0.39, 0.29) is 18.0 Å². The van der Waals surface area contributed by atoms with Crippen molar-refractivity contribution in [3.05, 3.63) is 0 Å². The van der Waals surface area contributed by atoms with Crippen LogP contribution in [0.3, 0.4) is 0 Å². The molecule has 0 aromatic carbocycles. The molecular weight excluding hydrogens is 232 g/mol. The zero-order valence-electron chi connectivity index (χ0n) is 11.3. The summed E-state index contributed by atoms with van der Waals surface area (Å²) in [6.07, 6.45) is 5.95. The van der Waals surface area contributed by atoms with Crippen molar-refractivity contribution in [1.29, 1.82) is 0 Å². The number of hydrogen-bond donors (Lipinski definition) is 2. The first-order valence-corrected chi connectivity index (χ1v) is 6.25. The molecule has 1 fully saturated rings. The maximum absolute atomic E-state index is 11.6. The van der Waals surface area contributed by atoms with Gasteiger partial charge in [0.05, 0.1) is 19.3 Å². The molecule has 1 rings (SSSR count). The molecule has 0 radical (unpaired) electrons. The minimum Gasteiger partial charge on any atom is -0.348 e. The Labute approximate surface area is 109 Å². The van der Waals surface area contributed by atoms with Crippen molar-refractivity contribution in [2.45, 2.75) is 39.0 Å². The van der Waals surface area contributed by atoms with Crippen molar-refractivity contribution < 1.29 is 14.3 Å². The lowest BCUT2D eigenvalue weighted by Crippen LogP contribution is -2.45. The topological polar surface area (TPSA) is 59.6 Å². The Hall–Kier alpha value is -1.25. The van der Waals surface area contributed by atoms with Gasteiger partial charge in [-0.3, -0.25) is 0 Å². The van der Waals surface area contributed by atoms with Gasteiger partial charge in [-0.15, -0.1) is 6.42 Å². The number of amides is 2. The summed E-state index contributed by atoms with van der Waals surface area (Å²) in [7, 11) is 0. The van der Waals surface area contributed by atoms with Crippen LogP contribution in [-0.4, -0.2) is 37.6 Å². The van der Waals surface area contributed by atoms with Gasteiger partial charge in [-0.25, -0.2) is 4.79 Å². The van der Waals surface area contributed by atoms with Gasteiger partial charge in [-0.1, -0.05) is 19.8 Å². The fourth-order valence-electron chi connectivity index (χ4n) is 1.70. The second-order valence-electron chi connectivity index (χ2n) is 4.87. The first-order chi connectivity index (χ1) is 8.47. The number of urea groups is 1. The highest BCUT2D eigenvalue weighted by Crippen LogP contribution is 2.21. The number of carbonyl (C=O) groups excluding carboxylic acids is 1. The van der Waals surface area contributed by atoms with E-state index in [0.29, 0.717) is 26.2 Å². The van der Waals surface area contributed by atoms with Crippen LogP contribution in [0.2, 0.25) is 0 Å². The molecule has 1 saturated heterocycles. The molecule has 0 aliphatic carbocycles. The van der Waals surface area contributed by atoms with Gasteiger partial charge in [0.1, 0.15) is 0 Å². The van der Waals surface area contributed by atoms with Crippen LogP contribution in [0.4, 0.5) is 4.79 Å². The van der Waals surface area contributed by atoms with E-state index < -0.39 is 5.79 Å². The molecule has 1 heterocycles. The highest BCUT2D eigenvalue weighted by atomic mass is 16.7. The molecule has 102 valence electrons. The molecule has 0 saturated carbocycles. The predicted molar refractivity (Wildman–Crippen MR) is 68.9 cm³/mol. The van der Waals surface area contributed by atoms with E-state index >= 15 is 0 Å². The maximum Gasteiger partial charge on any atom is 0.315 e. The van der Waals surface area contributed by atoms with Crippen LogP contribution in [0, 0.1) is 18.3 Å². The van der Waals surface area contributed by atoms with Crippen molar-refractivity contribution in [2.24, 2.45) is 5.92 Å². The summed E-state index contributed by atoms with van der Waals surface area (Å²) in [5.41, 5.74) is 0. The van der Waals surface area contributed by atoms with Crippen LogP contribution < -0.4 is 10.6 Å². The van der Waals surface area contributed by atoms with E-state index in [9.17, 15) is 4.79 Å². The summed E-state index contributed by atoms with van der Waals surface area (Å²) in [6, 6.07) is -0.507. The average Bonchev–Trinajstić information content (AvgIpc) is 2.72. The summed E-state index contributed by atoms with van der Waals surface area (Å²) >= 11 is 0. The lowest BCUT2D eigenvalue weighted by Gasteiger charge is -2.22. The molecule has 2 amide bonds. The summed E-state index contributed by atoms with van der Waals surface area (Å²) < 4.78 is 10.9. The van der Waals surface area contributed by atoms with E-state index in [1.54, 1.807) is 0 Å². The Morgan fingerprint density at radius 2 is 2.06 bits per heavy atom. The fourth-order valence-corrected chi connectivity index (χ4v) is 1.70. The highest BCUT2D eigenvalue weighted by molar-refractivity contribution is 5.74. The standard InChI is InChI=1S/C13H22N2O3/c1-5-11(10(2)3)15-12(16)14-7-6-13(4)17-8-9-18-13/h1,10-11H,6-9H2,2-4H3,(H2,14,15,16)/t11-/m1/s1. The van der Waals surface area contributed by atoms with Gasteiger partial charge in [0.25, 0.3) is 0 Å². The van der Waals surface area contributed by atoms with Crippen molar-refractivity contribution >= 4 is 6.03 Å². The van der Waals surface area contributed by atoms with Crippen LogP contribution >= 0.6 is 0 Å². The monoisotopic (exact) mass is 254 g/mol. The number of rotatable bonds is 5. The van der Waals surface area contributed by atoms with Crippen molar-refractivity contribution in [3.63, 3.8) is 0 Å². The lowest BCUT2D eigenvalue weighted by atomic mass is 10.1. The zero-order chi connectivity index (χ0) is 13.6. The summed E-state index contributed by atoms with van der Waals surface area (Å²) in [6.45, 7) is 7.50. The quantitative estimate of drug-likeness (QED) is 0.722. The number of carbonyl (C=O) groups is 1.